The lowest BCUT2D eigenvalue weighted by Gasteiger charge is -2.32. The van der Waals surface area contributed by atoms with Crippen molar-refractivity contribution in [2.75, 3.05) is 39.2 Å². The molecule has 1 aromatic rings. The third-order valence-electron chi connectivity index (χ3n) is 4.49. The number of amides is 2. The number of hydrogen-bond donors (Lipinski definition) is 1. The molecule has 0 aromatic heterocycles. The Labute approximate surface area is 176 Å². The molecule has 166 valence electrons. The van der Waals surface area contributed by atoms with Crippen molar-refractivity contribution in [2.45, 2.75) is 39.2 Å². The third kappa shape index (κ3) is 6.82. The SMILES string of the molecule is COc1ccc(NC(=O)COC(=O)C2CCN(C(=O)OC(C)(C)C)CC2)cc1OC. The zero-order valence-corrected chi connectivity index (χ0v) is 18.1. The summed E-state index contributed by atoms with van der Waals surface area (Å²) in [6, 6.07) is 4.94. The van der Waals surface area contributed by atoms with Crippen LogP contribution in [-0.2, 0) is 19.1 Å². The van der Waals surface area contributed by atoms with Gasteiger partial charge >= 0.3 is 12.1 Å². The van der Waals surface area contributed by atoms with Crippen LogP contribution in [0.5, 0.6) is 11.5 Å². The molecular formula is C21H30N2O7. The minimum absolute atomic E-state index is 0.349. The van der Waals surface area contributed by atoms with Crippen LogP contribution in [0.3, 0.4) is 0 Å². The van der Waals surface area contributed by atoms with Crippen LogP contribution < -0.4 is 14.8 Å². The molecule has 2 rings (SSSR count). The minimum atomic E-state index is -0.561. The van der Waals surface area contributed by atoms with Gasteiger partial charge in [0.15, 0.2) is 18.1 Å². The van der Waals surface area contributed by atoms with Gasteiger partial charge in [0.25, 0.3) is 5.91 Å². The Hall–Kier alpha value is -2.97. The number of hydrogen-bond acceptors (Lipinski definition) is 7. The lowest BCUT2D eigenvalue weighted by atomic mass is 9.97. The maximum atomic E-state index is 12.3. The monoisotopic (exact) mass is 422 g/mol. The first-order valence-corrected chi connectivity index (χ1v) is 9.79. The summed E-state index contributed by atoms with van der Waals surface area (Å²) in [6.07, 6.45) is 0.550. The van der Waals surface area contributed by atoms with Gasteiger partial charge in [-0.2, -0.15) is 0 Å². The van der Waals surface area contributed by atoms with E-state index in [0.29, 0.717) is 43.1 Å². The topological polar surface area (TPSA) is 103 Å². The predicted octanol–water partition coefficient (Wildman–Crippen LogP) is 2.83. The molecule has 1 fully saturated rings. The summed E-state index contributed by atoms with van der Waals surface area (Å²) in [4.78, 5) is 38.0. The Kier molecular flexibility index (Phi) is 7.91. The average Bonchev–Trinajstić information content (AvgIpc) is 2.70. The molecule has 1 aliphatic heterocycles. The molecule has 1 heterocycles. The summed E-state index contributed by atoms with van der Waals surface area (Å²) < 4.78 is 20.8. The van der Waals surface area contributed by atoms with E-state index in [1.165, 1.54) is 14.2 Å². The summed E-state index contributed by atoms with van der Waals surface area (Å²) >= 11 is 0. The maximum absolute atomic E-state index is 12.3. The van der Waals surface area contributed by atoms with E-state index in [1.807, 2.05) is 20.8 Å². The Morgan fingerprint density at radius 1 is 1.07 bits per heavy atom. The fourth-order valence-electron chi connectivity index (χ4n) is 2.99. The van der Waals surface area contributed by atoms with Gasteiger partial charge in [-0.1, -0.05) is 0 Å². The highest BCUT2D eigenvalue weighted by molar-refractivity contribution is 5.93. The second kappa shape index (κ2) is 10.2. The van der Waals surface area contributed by atoms with Gasteiger partial charge in [0.05, 0.1) is 20.1 Å². The number of anilines is 1. The van der Waals surface area contributed by atoms with Crippen molar-refractivity contribution in [2.24, 2.45) is 5.92 Å². The second-order valence-electron chi connectivity index (χ2n) is 7.97. The van der Waals surface area contributed by atoms with Crippen molar-refractivity contribution in [1.29, 1.82) is 0 Å². The van der Waals surface area contributed by atoms with Crippen molar-refractivity contribution < 1.29 is 33.3 Å². The molecular weight excluding hydrogens is 392 g/mol. The number of esters is 1. The van der Waals surface area contributed by atoms with Gasteiger partial charge in [-0.05, 0) is 45.7 Å². The Bertz CT molecular complexity index is 765. The van der Waals surface area contributed by atoms with E-state index < -0.39 is 17.5 Å². The van der Waals surface area contributed by atoms with E-state index in [4.69, 9.17) is 18.9 Å². The molecule has 1 saturated heterocycles. The summed E-state index contributed by atoms with van der Waals surface area (Å²) in [5.74, 6) is -0.232. The number of nitrogens with zero attached hydrogens (tertiary/aromatic N) is 1. The molecule has 0 unspecified atom stereocenters. The highest BCUT2D eigenvalue weighted by Gasteiger charge is 2.31. The van der Waals surface area contributed by atoms with E-state index in [0.717, 1.165) is 0 Å². The van der Waals surface area contributed by atoms with Crippen LogP contribution in [0, 0.1) is 5.92 Å². The molecule has 1 aromatic carbocycles. The molecule has 0 saturated carbocycles. The van der Waals surface area contributed by atoms with Gasteiger partial charge in [0.1, 0.15) is 5.60 Å². The normalized spacial score (nSPS) is 14.6. The van der Waals surface area contributed by atoms with Crippen LogP contribution in [0.1, 0.15) is 33.6 Å². The zero-order valence-electron chi connectivity index (χ0n) is 18.1. The van der Waals surface area contributed by atoms with E-state index in [9.17, 15) is 14.4 Å². The number of methoxy groups -OCH3 is 2. The lowest BCUT2D eigenvalue weighted by Crippen LogP contribution is -2.43. The van der Waals surface area contributed by atoms with Crippen molar-refractivity contribution >= 4 is 23.7 Å². The van der Waals surface area contributed by atoms with Crippen LogP contribution in [-0.4, -0.2) is 62.4 Å². The molecule has 0 atom stereocenters. The first-order chi connectivity index (χ1) is 14.1. The van der Waals surface area contributed by atoms with Crippen molar-refractivity contribution in [3.8, 4) is 11.5 Å². The number of piperidine rings is 1. The summed E-state index contributed by atoms with van der Waals surface area (Å²) in [7, 11) is 3.02. The molecule has 2 amide bonds. The van der Waals surface area contributed by atoms with Gasteiger partial charge in [-0.3, -0.25) is 9.59 Å². The quantitative estimate of drug-likeness (QED) is 0.703. The van der Waals surface area contributed by atoms with Crippen molar-refractivity contribution in [3.63, 3.8) is 0 Å². The van der Waals surface area contributed by atoms with Gasteiger partial charge in [-0.25, -0.2) is 4.79 Å². The molecule has 9 nitrogen and oxygen atoms in total. The largest absolute Gasteiger partial charge is 0.493 e. The minimum Gasteiger partial charge on any atom is -0.493 e. The van der Waals surface area contributed by atoms with Gasteiger partial charge in [-0.15, -0.1) is 0 Å². The van der Waals surface area contributed by atoms with Crippen LogP contribution >= 0.6 is 0 Å². The predicted molar refractivity (Wildman–Crippen MR) is 110 cm³/mol. The number of benzene rings is 1. The average molecular weight is 422 g/mol. The van der Waals surface area contributed by atoms with E-state index >= 15 is 0 Å². The van der Waals surface area contributed by atoms with Crippen LogP contribution in [0.2, 0.25) is 0 Å². The summed E-state index contributed by atoms with van der Waals surface area (Å²) in [5.41, 5.74) is -0.0620. The first kappa shape index (κ1) is 23.3. The maximum Gasteiger partial charge on any atom is 0.410 e. The summed E-state index contributed by atoms with van der Waals surface area (Å²) in [5, 5.41) is 2.65. The molecule has 0 radical (unpaired) electrons. The number of carbonyl (C=O) groups is 3. The fourth-order valence-corrected chi connectivity index (χ4v) is 2.99. The molecule has 1 N–H and O–H groups in total. The van der Waals surface area contributed by atoms with Crippen LogP contribution in [0.25, 0.3) is 0 Å². The first-order valence-electron chi connectivity index (χ1n) is 9.79. The second-order valence-corrected chi connectivity index (χ2v) is 7.97. The molecule has 30 heavy (non-hydrogen) atoms. The number of nitrogens with one attached hydrogen (secondary N) is 1. The molecule has 0 aliphatic carbocycles. The Morgan fingerprint density at radius 2 is 1.70 bits per heavy atom. The number of likely N-dealkylation sites (tertiary alicyclic amines) is 1. The number of rotatable bonds is 6. The molecule has 0 bridgehead atoms. The zero-order chi connectivity index (χ0) is 22.3. The van der Waals surface area contributed by atoms with Gasteiger partial charge in [0, 0.05) is 24.8 Å². The van der Waals surface area contributed by atoms with Crippen molar-refractivity contribution in [1.82, 2.24) is 4.90 Å². The molecule has 9 heteroatoms. The Morgan fingerprint density at radius 3 is 2.27 bits per heavy atom. The van der Waals surface area contributed by atoms with E-state index in [-0.39, 0.29) is 18.6 Å². The van der Waals surface area contributed by atoms with Crippen LogP contribution in [0.15, 0.2) is 18.2 Å². The smallest absolute Gasteiger partial charge is 0.410 e. The molecule has 1 aliphatic rings. The molecule has 0 spiro atoms. The summed E-state index contributed by atoms with van der Waals surface area (Å²) in [6.45, 7) is 5.85. The number of carbonyl (C=O) groups excluding carboxylic acids is 3. The van der Waals surface area contributed by atoms with Gasteiger partial charge < -0.3 is 29.2 Å². The fraction of sp³-hybridized carbons (Fsp3) is 0.571. The Balaban J connectivity index is 1.77. The lowest BCUT2D eigenvalue weighted by molar-refractivity contribution is -0.153. The highest BCUT2D eigenvalue weighted by Crippen LogP contribution is 2.29. The highest BCUT2D eigenvalue weighted by atomic mass is 16.6. The van der Waals surface area contributed by atoms with E-state index in [2.05, 4.69) is 5.32 Å². The third-order valence-corrected chi connectivity index (χ3v) is 4.49. The standard InChI is InChI=1S/C21H30N2O7/c1-21(2,3)30-20(26)23-10-8-14(9-11-23)19(25)29-13-18(24)22-15-6-7-16(27-4)17(12-15)28-5/h6-7,12,14H,8-11,13H2,1-5H3,(H,22,24). The number of ether oxygens (including phenoxy) is 4. The van der Waals surface area contributed by atoms with Gasteiger partial charge in [0.2, 0.25) is 0 Å². The van der Waals surface area contributed by atoms with Crippen molar-refractivity contribution in [3.05, 3.63) is 18.2 Å². The van der Waals surface area contributed by atoms with Crippen LogP contribution in [0.4, 0.5) is 10.5 Å². The van der Waals surface area contributed by atoms with E-state index in [1.54, 1.807) is 23.1 Å².